The van der Waals surface area contributed by atoms with Gasteiger partial charge in [-0.3, -0.25) is 9.78 Å². The molecule has 7 heteroatoms. The van der Waals surface area contributed by atoms with Crippen LogP contribution in [0.25, 0.3) is 0 Å². The van der Waals surface area contributed by atoms with E-state index in [0.29, 0.717) is 0 Å². The number of pyridine rings is 1. The van der Waals surface area contributed by atoms with Gasteiger partial charge in [-0.05, 0) is 6.07 Å². The number of methoxy groups -OCH3 is 1. The van der Waals surface area contributed by atoms with Crippen molar-refractivity contribution in [2.75, 3.05) is 13.7 Å². The van der Waals surface area contributed by atoms with Gasteiger partial charge in [-0.15, -0.1) is 0 Å². The molecule has 0 saturated heterocycles. The molecule has 3 N–H and O–H groups in total. The van der Waals surface area contributed by atoms with E-state index in [9.17, 15) is 9.59 Å². The highest BCUT2D eigenvalue weighted by molar-refractivity contribution is 5.96. The number of carbonyl (C=O) groups excluding carboxylic acids is 2. The van der Waals surface area contributed by atoms with Crippen molar-refractivity contribution >= 4 is 11.9 Å². The lowest BCUT2D eigenvalue weighted by atomic mass is 10.2. The highest BCUT2D eigenvalue weighted by Gasteiger charge is 2.21. The first-order valence-electron chi connectivity index (χ1n) is 4.72. The Bertz CT molecular complexity index is 421. The van der Waals surface area contributed by atoms with Crippen LogP contribution >= 0.6 is 0 Å². The van der Waals surface area contributed by atoms with Crippen LogP contribution in [0.4, 0.5) is 0 Å². The van der Waals surface area contributed by atoms with Gasteiger partial charge in [0.05, 0.1) is 25.5 Å². The van der Waals surface area contributed by atoms with Crippen molar-refractivity contribution in [3.8, 4) is 5.75 Å². The van der Waals surface area contributed by atoms with Gasteiger partial charge >= 0.3 is 5.97 Å². The summed E-state index contributed by atoms with van der Waals surface area (Å²) in [5, 5.41) is 20.3. The second kappa shape index (κ2) is 5.80. The average Bonchev–Trinajstić information content (AvgIpc) is 2.34. The SMILES string of the molecule is COC(=O)C(CO)NC(=O)c1cncc(O)c1. The van der Waals surface area contributed by atoms with Crippen LogP contribution in [-0.4, -0.2) is 46.8 Å². The number of hydrogen-bond acceptors (Lipinski definition) is 6. The Morgan fingerprint density at radius 1 is 1.53 bits per heavy atom. The van der Waals surface area contributed by atoms with Crippen LogP contribution in [0.3, 0.4) is 0 Å². The Hall–Kier alpha value is -2.15. The third-order valence-corrected chi connectivity index (χ3v) is 1.96. The van der Waals surface area contributed by atoms with Crippen molar-refractivity contribution in [1.29, 1.82) is 0 Å². The summed E-state index contributed by atoms with van der Waals surface area (Å²) >= 11 is 0. The summed E-state index contributed by atoms with van der Waals surface area (Å²) in [5.74, 6) is -1.57. The van der Waals surface area contributed by atoms with Crippen LogP contribution in [-0.2, 0) is 9.53 Å². The summed E-state index contributed by atoms with van der Waals surface area (Å²) in [6.07, 6.45) is 2.39. The van der Waals surface area contributed by atoms with Crippen LogP contribution in [0.5, 0.6) is 5.75 Å². The zero-order valence-electron chi connectivity index (χ0n) is 9.08. The first-order valence-corrected chi connectivity index (χ1v) is 4.72. The molecule has 1 aromatic heterocycles. The largest absolute Gasteiger partial charge is 0.506 e. The molecule has 0 aliphatic carbocycles. The molecule has 1 unspecified atom stereocenters. The smallest absolute Gasteiger partial charge is 0.330 e. The van der Waals surface area contributed by atoms with Crippen molar-refractivity contribution in [2.45, 2.75) is 6.04 Å². The molecule has 0 saturated carbocycles. The molecular formula is C10H12N2O5. The van der Waals surface area contributed by atoms with Crippen LogP contribution in [0.2, 0.25) is 0 Å². The van der Waals surface area contributed by atoms with E-state index in [1.807, 2.05) is 0 Å². The van der Waals surface area contributed by atoms with E-state index in [0.717, 1.165) is 7.11 Å². The van der Waals surface area contributed by atoms with Gasteiger partial charge in [-0.1, -0.05) is 0 Å². The number of esters is 1. The first kappa shape index (κ1) is 12.9. The Morgan fingerprint density at radius 3 is 2.76 bits per heavy atom. The average molecular weight is 240 g/mol. The molecule has 0 spiro atoms. The molecule has 17 heavy (non-hydrogen) atoms. The molecule has 1 rings (SSSR count). The minimum absolute atomic E-state index is 0.0763. The first-order chi connectivity index (χ1) is 8.08. The lowest BCUT2D eigenvalue weighted by molar-refractivity contribution is -0.143. The van der Waals surface area contributed by atoms with E-state index in [1.54, 1.807) is 0 Å². The molecule has 1 aromatic rings. The van der Waals surface area contributed by atoms with Crippen molar-refractivity contribution < 1.29 is 24.5 Å². The minimum atomic E-state index is -1.14. The fourth-order valence-corrected chi connectivity index (χ4v) is 1.11. The summed E-state index contributed by atoms with van der Waals surface area (Å²) in [5.41, 5.74) is 0.0763. The number of aromatic nitrogens is 1. The zero-order valence-corrected chi connectivity index (χ0v) is 9.08. The molecule has 0 aliphatic rings. The molecule has 0 fully saturated rings. The molecule has 0 aliphatic heterocycles. The fourth-order valence-electron chi connectivity index (χ4n) is 1.11. The molecular weight excluding hydrogens is 228 g/mol. The predicted octanol–water partition coefficient (Wildman–Crippen LogP) is -0.949. The van der Waals surface area contributed by atoms with Crippen LogP contribution in [0.1, 0.15) is 10.4 Å². The second-order valence-electron chi connectivity index (χ2n) is 3.16. The van der Waals surface area contributed by atoms with E-state index in [1.165, 1.54) is 18.5 Å². The lowest BCUT2D eigenvalue weighted by Crippen LogP contribution is -2.44. The van der Waals surface area contributed by atoms with Gasteiger partial charge in [0, 0.05) is 6.20 Å². The van der Waals surface area contributed by atoms with Gasteiger partial charge in [0.15, 0.2) is 6.04 Å². The topological polar surface area (TPSA) is 109 Å². The van der Waals surface area contributed by atoms with Crippen molar-refractivity contribution in [3.05, 3.63) is 24.0 Å². The Kier molecular flexibility index (Phi) is 4.41. The Morgan fingerprint density at radius 2 is 2.24 bits per heavy atom. The van der Waals surface area contributed by atoms with E-state index in [-0.39, 0.29) is 11.3 Å². The summed E-state index contributed by atoms with van der Waals surface area (Å²) < 4.78 is 4.39. The number of amides is 1. The zero-order chi connectivity index (χ0) is 12.8. The highest BCUT2D eigenvalue weighted by Crippen LogP contribution is 2.08. The molecule has 0 radical (unpaired) electrons. The number of hydrogen-bond donors (Lipinski definition) is 3. The monoisotopic (exact) mass is 240 g/mol. The predicted molar refractivity (Wildman–Crippen MR) is 56.3 cm³/mol. The van der Waals surface area contributed by atoms with E-state index in [4.69, 9.17) is 10.2 Å². The number of nitrogens with zero attached hydrogens (tertiary/aromatic N) is 1. The Labute approximate surface area is 97.1 Å². The van der Waals surface area contributed by atoms with E-state index in [2.05, 4.69) is 15.0 Å². The lowest BCUT2D eigenvalue weighted by Gasteiger charge is -2.13. The molecule has 0 bridgehead atoms. The number of rotatable bonds is 4. The van der Waals surface area contributed by atoms with Gasteiger partial charge in [-0.2, -0.15) is 0 Å². The van der Waals surface area contributed by atoms with Gasteiger partial charge in [0.25, 0.3) is 5.91 Å². The summed E-state index contributed by atoms with van der Waals surface area (Å²) in [7, 11) is 1.15. The van der Waals surface area contributed by atoms with Gasteiger partial charge < -0.3 is 20.3 Å². The fraction of sp³-hybridized carbons (Fsp3) is 0.300. The van der Waals surface area contributed by atoms with Crippen LogP contribution < -0.4 is 5.32 Å². The standard InChI is InChI=1S/C10H12N2O5/c1-17-10(16)8(5-13)12-9(15)6-2-7(14)4-11-3-6/h2-4,8,13-14H,5H2,1H3,(H,12,15). The number of aliphatic hydroxyl groups is 1. The molecule has 1 atom stereocenters. The molecule has 0 aromatic carbocycles. The number of ether oxygens (including phenoxy) is 1. The summed E-state index contributed by atoms with van der Waals surface area (Å²) in [4.78, 5) is 26.3. The third-order valence-electron chi connectivity index (χ3n) is 1.96. The maximum absolute atomic E-state index is 11.6. The maximum atomic E-state index is 11.6. The van der Waals surface area contributed by atoms with Crippen molar-refractivity contribution in [1.82, 2.24) is 10.3 Å². The maximum Gasteiger partial charge on any atom is 0.330 e. The summed E-state index contributed by atoms with van der Waals surface area (Å²) in [6.45, 7) is -0.579. The number of nitrogens with one attached hydrogen (secondary N) is 1. The van der Waals surface area contributed by atoms with Crippen LogP contribution in [0.15, 0.2) is 18.5 Å². The third kappa shape index (κ3) is 3.42. The van der Waals surface area contributed by atoms with Gasteiger partial charge in [0.2, 0.25) is 0 Å². The van der Waals surface area contributed by atoms with Crippen molar-refractivity contribution in [2.24, 2.45) is 0 Å². The Balaban J connectivity index is 2.74. The summed E-state index contributed by atoms with van der Waals surface area (Å²) in [6, 6.07) is 0.0449. The van der Waals surface area contributed by atoms with E-state index >= 15 is 0 Å². The second-order valence-corrected chi connectivity index (χ2v) is 3.16. The number of aliphatic hydroxyl groups excluding tert-OH is 1. The number of aromatic hydroxyl groups is 1. The quantitative estimate of drug-likeness (QED) is 0.585. The number of carbonyl (C=O) groups is 2. The minimum Gasteiger partial charge on any atom is -0.506 e. The van der Waals surface area contributed by atoms with E-state index < -0.39 is 24.5 Å². The molecule has 1 amide bonds. The van der Waals surface area contributed by atoms with Crippen molar-refractivity contribution in [3.63, 3.8) is 0 Å². The van der Waals surface area contributed by atoms with Gasteiger partial charge in [-0.25, -0.2) is 4.79 Å². The highest BCUT2D eigenvalue weighted by atomic mass is 16.5. The molecule has 1 heterocycles. The molecule has 7 nitrogen and oxygen atoms in total. The van der Waals surface area contributed by atoms with Crippen LogP contribution in [0, 0.1) is 0 Å². The normalized spacial score (nSPS) is 11.6. The van der Waals surface area contributed by atoms with Gasteiger partial charge in [0.1, 0.15) is 5.75 Å². The molecule has 92 valence electrons.